The molecule has 3 rings (SSSR count). The summed E-state index contributed by atoms with van der Waals surface area (Å²) in [5.41, 5.74) is 0.792. The van der Waals surface area contributed by atoms with Gasteiger partial charge in [-0.2, -0.15) is 0 Å². The van der Waals surface area contributed by atoms with E-state index in [0.29, 0.717) is 16.9 Å². The number of benzene rings is 1. The Bertz CT molecular complexity index is 511. The Labute approximate surface area is 118 Å². The van der Waals surface area contributed by atoms with Crippen molar-refractivity contribution in [3.8, 4) is 0 Å². The van der Waals surface area contributed by atoms with Gasteiger partial charge in [-0.05, 0) is 49.3 Å². The van der Waals surface area contributed by atoms with Crippen LogP contribution in [-0.2, 0) is 4.79 Å². The summed E-state index contributed by atoms with van der Waals surface area (Å²) in [5, 5.41) is 3.64. The molecule has 1 N–H and O–H groups in total. The summed E-state index contributed by atoms with van der Waals surface area (Å²) in [6, 6.07) is 7.34. The predicted molar refractivity (Wildman–Crippen MR) is 78.2 cm³/mol. The van der Waals surface area contributed by atoms with Gasteiger partial charge < -0.3 is 5.32 Å². The molecule has 1 aromatic carbocycles. The molecule has 0 aliphatic heterocycles. The van der Waals surface area contributed by atoms with E-state index >= 15 is 0 Å². The van der Waals surface area contributed by atoms with E-state index in [2.05, 4.69) is 17.5 Å². The predicted octanol–water partition coefficient (Wildman–Crippen LogP) is 4.27. The third kappa shape index (κ3) is 2.84. The normalized spacial score (nSPS) is 30.7. The summed E-state index contributed by atoms with van der Waals surface area (Å²) in [5.74, 6) is 1.31. The molecule has 1 amide bonds. The second-order valence-electron chi connectivity index (χ2n) is 5.48. The van der Waals surface area contributed by atoms with Crippen molar-refractivity contribution >= 4 is 23.2 Å². The first-order valence-electron chi connectivity index (χ1n) is 6.99. The molecule has 1 fully saturated rings. The molecule has 100 valence electrons. The van der Waals surface area contributed by atoms with Gasteiger partial charge in [0.05, 0.1) is 0 Å². The second-order valence-corrected chi connectivity index (χ2v) is 5.92. The summed E-state index contributed by atoms with van der Waals surface area (Å²) < 4.78 is 0. The SMILES string of the molecule is O=C(Nc1cccc(Cl)c1)[C@H]1[C@H]2/C=C\CCCC[C@@H]21. The van der Waals surface area contributed by atoms with Crippen LogP contribution in [0.5, 0.6) is 0 Å². The van der Waals surface area contributed by atoms with Gasteiger partial charge in [0.25, 0.3) is 0 Å². The van der Waals surface area contributed by atoms with Gasteiger partial charge in [-0.3, -0.25) is 4.79 Å². The van der Waals surface area contributed by atoms with Crippen LogP contribution in [0.4, 0.5) is 5.69 Å². The Morgan fingerprint density at radius 2 is 2.21 bits per heavy atom. The Hall–Kier alpha value is -1.28. The fraction of sp³-hybridized carbons (Fsp3) is 0.438. The molecule has 2 aliphatic rings. The average molecular weight is 276 g/mol. The summed E-state index contributed by atoms with van der Waals surface area (Å²) >= 11 is 5.93. The number of rotatable bonds is 2. The lowest BCUT2D eigenvalue weighted by Gasteiger charge is -2.05. The van der Waals surface area contributed by atoms with Crippen LogP contribution in [0.1, 0.15) is 25.7 Å². The van der Waals surface area contributed by atoms with Crippen molar-refractivity contribution in [1.82, 2.24) is 0 Å². The largest absolute Gasteiger partial charge is 0.326 e. The average Bonchev–Trinajstić information content (AvgIpc) is 3.00. The summed E-state index contributed by atoms with van der Waals surface area (Å²) in [6.45, 7) is 0. The van der Waals surface area contributed by atoms with E-state index in [1.54, 1.807) is 6.07 Å². The highest BCUT2D eigenvalue weighted by atomic mass is 35.5. The van der Waals surface area contributed by atoms with Crippen LogP contribution in [0, 0.1) is 17.8 Å². The molecule has 2 nitrogen and oxygen atoms in total. The van der Waals surface area contributed by atoms with Crippen LogP contribution in [0.25, 0.3) is 0 Å². The van der Waals surface area contributed by atoms with Gasteiger partial charge >= 0.3 is 0 Å². The van der Waals surface area contributed by atoms with Gasteiger partial charge in [0, 0.05) is 16.6 Å². The lowest BCUT2D eigenvalue weighted by atomic mass is 10.1. The molecular formula is C16H18ClNO. The number of halogens is 1. The molecule has 0 radical (unpaired) electrons. The first-order chi connectivity index (χ1) is 9.25. The highest BCUT2D eigenvalue weighted by Crippen LogP contribution is 2.51. The fourth-order valence-corrected chi connectivity index (χ4v) is 3.28. The van der Waals surface area contributed by atoms with Crippen molar-refractivity contribution in [3.05, 3.63) is 41.4 Å². The maximum Gasteiger partial charge on any atom is 0.228 e. The third-order valence-electron chi connectivity index (χ3n) is 4.14. The molecule has 3 heteroatoms. The molecular weight excluding hydrogens is 258 g/mol. The van der Waals surface area contributed by atoms with E-state index in [0.717, 1.165) is 12.1 Å². The maximum atomic E-state index is 12.3. The zero-order valence-electron chi connectivity index (χ0n) is 10.8. The minimum Gasteiger partial charge on any atom is -0.326 e. The van der Waals surface area contributed by atoms with Gasteiger partial charge in [0.1, 0.15) is 0 Å². The van der Waals surface area contributed by atoms with Crippen LogP contribution in [0.15, 0.2) is 36.4 Å². The highest BCUT2D eigenvalue weighted by molar-refractivity contribution is 6.30. The van der Waals surface area contributed by atoms with Gasteiger partial charge in [0.2, 0.25) is 5.91 Å². The van der Waals surface area contributed by atoms with Crippen molar-refractivity contribution in [3.63, 3.8) is 0 Å². The van der Waals surface area contributed by atoms with Crippen molar-refractivity contribution in [2.75, 3.05) is 5.32 Å². The molecule has 1 saturated carbocycles. The summed E-state index contributed by atoms with van der Waals surface area (Å²) in [6.07, 6.45) is 9.32. The van der Waals surface area contributed by atoms with E-state index in [4.69, 9.17) is 11.6 Å². The van der Waals surface area contributed by atoms with Crippen LogP contribution >= 0.6 is 11.6 Å². The Morgan fingerprint density at radius 3 is 3.05 bits per heavy atom. The first-order valence-corrected chi connectivity index (χ1v) is 7.36. The number of carbonyl (C=O) groups excluding carboxylic acids is 1. The topological polar surface area (TPSA) is 29.1 Å². The van der Waals surface area contributed by atoms with Crippen molar-refractivity contribution in [2.45, 2.75) is 25.7 Å². The van der Waals surface area contributed by atoms with E-state index in [1.165, 1.54) is 19.3 Å². The molecule has 3 atom stereocenters. The number of fused-ring (bicyclic) bond motifs is 1. The number of hydrogen-bond donors (Lipinski definition) is 1. The standard InChI is InChI=1S/C16H18ClNO/c17-11-6-5-7-12(10-11)18-16(19)15-13-8-3-1-2-4-9-14(13)15/h3,5-8,10,13-15H,1-2,4,9H2,(H,18,19)/b8-3-/t13-,14-,15-/m0/s1. The van der Waals surface area contributed by atoms with Crippen LogP contribution in [0.3, 0.4) is 0 Å². The fourth-order valence-electron chi connectivity index (χ4n) is 3.09. The molecule has 0 heterocycles. The first kappa shape index (κ1) is 12.7. The van der Waals surface area contributed by atoms with E-state index in [-0.39, 0.29) is 11.8 Å². The summed E-state index contributed by atoms with van der Waals surface area (Å²) in [7, 11) is 0. The van der Waals surface area contributed by atoms with Gasteiger partial charge in [-0.15, -0.1) is 0 Å². The minimum absolute atomic E-state index is 0.142. The number of nitrogens with one attached hydrogen (secondary N) is 1. The third-order valence-corrected chi connectivity index (χ3v) is 4.38. The van der Waals surface area contributed by atoms with E-state index < -0.39 is 0 Å². The van der Waals surface area contributed by atoms with Crippen LogP contribution in [-0.4, -0.2) is 5.91 Å². The Kier molecular flexibility index (Phi) is 3.61. The molecule has 0 bridgehead atoms. The second kappa shape index (κ2) is 5.38. The molecule has 0 unspecified atom stereocenters. The van der Waals surface area contributed by atoms with Crippen molar-refractivity contribution in [1.29, 1.82) is 0 Å². The van der Waals surface area contributed by atoms with Crippen molar-refractivity contribution in [2.24, 2.45) is 17.8 Å². The Morgan fingerprint density at radius 1 is 1.32 bits per heavy atom. The monoisotopic (exact) mass is 275 g/mol. The molecule has 0 saturated heterocycles. The van der Waals surface area contributed by atoms with Gasteiger partial charge in [-0.1, -0.05) is 36.2 Å². The molecule has 0 aromatic heterocycles. The lowest BCUT2D eigenvalue weighted by molar-refractivity contribution is -0.117. The number of amides is 1. The lowest BCUT2D eigenvalue weighted by Crippen LogP contribution is -2.15. The van der Waals surface area contributed by atoms with Gasteiger partial charge in [0.15, 0.2) is 0 Å². The van der Waals surface area contributed by atoms with Gasteiger partial charge in [-0.25, -0.2) is 0 Å². The number of hydrogen-bond acceptors (Lipinski definition) is 1. The van der Waals surface area contributed by atoms with Crippen LogP contribution in [0.2, 0.25) is 5.02 Å². The van der Waals surface area contributed by atoms with E-state index in [9.17, 15) is 4.79 Å². The number of anilines is 1. The van der Waals surface area contributed by atoms with E-state index in [1.807, 2.05) is 18.2 Å². The zero-order chi connectivity index (χ0) is 13.2. The zero-order valence-corrected chi connectivity index (χ0v) is 11.6. The molecule has 19 heavy (non-hydrogen) atoms. The quantitative estimate of drug-likeness (QED) is 0.803. The molecule has 2 aliphatic carbocycles. The van der Waals surface area contributed by atoms with Crippen molar-refractivity contribution < 1.29 is 4.79 Å². The number of carbonyl (C=O) groups is 1. The maximum absolute atomic E-state index is 12.3. The minimum atomic E-state index is 0.142. The molecule has 1 aromatic rings. The van der Waals surface area contributed by atoms with Crippen LogP contribution < -0.4 is 5.32 Å². The number of allylic oxidation sites excluding steroid dienone is 2. The highest BCUT2D eigenvalue weighted by Gasteiger charge is 2.52. The molecule has 0 spiro atoms. The summed E-state index contributed by atoms with van der Waals surface area (Å²) in [4.78, 5) is 12.3. The smallest absolute Gasteiger partial charge is 0.228 e. The Balaban J connectivity index is 1.65.